The molecule has 1 aromatic rings. The van der Waals surface area contributed by atoms with Crippen LogP contribution in [0.3, 0.4) is 0 Å². The molecule has 1 aromatic heterocycles. The molecule has 0 aliphatic heterocycles. The Balaban J connectivity index is 2.61. The van der Waals surface area contributed by atoms with Gasteiger partial charge in [-0.25, -0.2) is 4.79 Å². The van der Waals surface area contributed by atoms with E-state index in [-0.39, 0.29) is 17.8 Å². The maximum atomic E-state index is 10.6. The van der Waals surface area contributed by atoms with Gasteiger partial charge in [-0.3, -0.25) is 0 Å². The predicted molar refractivity (Wildman–Crippen MR) is 61.5 cm³/mol. The summed E-state index contributed by atoms with van der Waals surface area (Å²) in [7, 11) is 0. The fraction of sp³-hybridized carbons (Fsp3) is 0.417. The minimum absolute atomic E-state index is 0.0111. The molecular formula is C12H17NO3. The second-order valence-corrected chi connectivity index (χ2v) is 3.82. The Labute approximate surface area is 95.0 Å². The van der Waals surface area contributed by atoms with Gasteiger partial charge in [-0.2, -0.15) is 0 Å². The number of hydrogen-bond donors (Lipinski definition) is 2. The molecule has 2 unspecified atom stereocenters. The zero-order chi connectivity index (χ0) is 12.1. The zero-order valence-electron chi connectivity index (χ0n) is 9.56. The minimum Gasteiger partial charge on any atom is -0.475 e. The van der Waals surface area contributed by atoms with Gasteiger partial charge in [0.2, 0.25) is 5.76 Å². The van der Waals surface area contributed by atoms with Crippen LogP contribution in [0.4, 0.5) is 0 Å². The molecule has 4 heteroatoms. The first-order chi connectivity index (χ1) is 7.54. The van der Waals surface area contributed by atoms with E-state index in [1.807, 2.05) is 19.9 Å². The van der Waals surface area contributed by atoms with E-state index >= 15 is 0 Å². The van der Waals surface area contributed by atoms with Crippen molar-refractivity contribution >= 4 is 5.97 Å². The first-order valence-corrected chi connectivity index (χ1v) is 5.24. The Bertz CT molecular complexity index is 370. The van der Waals surface area contributed by atoms with E-state index in [9.17, 15) is 4.79 Å². The maximum Gasteiger partial charge on any atom is 0.371 e. The van der Waals surface area contributed by atoms with Gasteiger partial charge < -0.3 is 14.8 Å². The van der Waals surface area contributed by atoms with Gasteiger partial charge in [0, 0.05) is 6.04 Å². The number of nitrogens with one attached hydrogen (secondary N) is 1. The number of aromatic carboxylic acids is 1. The molecule has 0 aliphatic carbocycles. The number of furan rings is 1. The normalized spacial score (nSPS) is 14.4. The molecule has 0 aliphatic rings. The van der Waals surface area contributed by atoms with Crippen molar-refractivity contribution in [3.05, 3.63) is 36.3 Å². The Morgan fingerprint density at radius 2 is 2.31 bits per heavy atom. The van der Waals surface area contributed by atoms with Crippen molar-refractivity contribution < 1.29 is 14.3 Å². The van der Waals surface area contributed by atoms with Crippen molar-refractivity contribution in [2.45, 2.75) is 32.4 Å². The average molecular weight is 223 g/mol. The third-order valence-electron chi connectivity index (χ3n) is 2.32. The fourth-order valence-corrected chi connectivity index (χ4v) is 1.53. The average Bonchev–Trinajstić information content (AvgIpc) is 2.66. The molecule has 0 bridgehead atoms. The molecule has 0 amide bonds. The summed E-state index contributed by atoms with van der Waals surface area (Å²) in [4.78, 5) is 10.6. The van der Waals surface area contributed by atoms with Crippen LogP contribution in [-0.2, 0) is 0 Å². The van der Waals surface area contributed by atoms with E-state index in [1.165, 1.54) is 6.07 Å². The Hall–Kier alpha value is -1.55. The van der Waals surface area contributed by atoms with E-state index in [1.54, 1.807) is 6.07 Å². The van der Waals surface area contributed by atoms with E-state index in [0.29, 0.717) is 5.76 Å². The van der Waals surface area contributed by atoms with Crippen LogP contribution >= 0.6 is 0 Å². The number of carboxylic acid groups (broad SMARTS) is 1. The van der Waals surface area contributed by atoms with Crippen molar-refractivity contribution in [1.29, 1.82) is 0 Å². The van der Waals surface area contributed by atoms with E-state index in [0.717, 1.165) is 6.42 Å². The van der Waals surface area contributed by atoms with Crippen molar-refractivity contribution in [2.24, 2.45) is 0 Å². The summed E-state index contributed by atoms with van der Waals surface area (Å²) < 4.78 is 5.20. The van der Waals surface area contributed by atoms with Crippen LogP contribution in [0.15, 0.2) is 29.2 Å². The summed E-state index contributed by atoms with van der Waals surface area (Å²) in [6, 6.07) is 3.42. The van der Waals surface area contributed by atoms with Crippen molar-refractivity contribution in [1.82, 2.24) is 5.32 Å². The molecule has 88 valence electrons. The highest BCUT2D eigenvalue weighted by atomic mass is 16.4. The largest absolute Gasteiger partial charge is 0.475 e. The zero-order valence-corrected chi connectivity index (χ0v) is 9.56. The molecule has 1 heterocycles. The Kier molecular flexibility index (Phi) is 4.31. The number of carboxylic acids is 1. The highest BCUT2D eigenvalue weighted by Gasteiger charge is 2.15. The second kappa shape index (κ2) is 5.51. The van der Waals surface area contributed by atoms with Gasteiger partial charge >= 0.3 is 5.97 Å². The topological polar surface area (TPSA) is 62.5 Å². The molecule has 2 N–H and O–H groups in total. The Morgan fingerprint density at radius 1 is 1.62 bits per heavy atom. The summed E-state index contributed by atoms with van der Waals surface area (Å²) in [6.07, 6.45) is 2.70. The lowest BCUT2D eigenvalue weighted by Crippen LogP contribution is -2.28. The first kappa shape index (κ1) is 12.5. The second-order valence-electron chi connectivity index (χ2n) is 3.82. The predicted octanol–water partition coefficient (Wildman–Crippen LogP) is 2.59. The maximum absolute atomic E-state index is 10.6. The standard InChI is InChI=1S/C12H17NO3/c1-4-5-8(2)13-9(3)10-6-7-11(16-10)12(14)15/h4,6-9,13H,1,5H2,2-3H3,(H,14,15). The lowest BCUT2D eigenvalue weighted by molar-refractivity contribution is 0.0659. The van der Waals surface area contributed by atoms with Gasteiger partial charge in [0.15, 0.2) is 0 Å². The number of rotatable bonds is 6. The van der Waals surface area contributed by atoms with Crippen LogP contribution in [0.1, 0.15) is 42.6 Å². The molecule has 0 aromatic carbocycles. The van der Waals surface area contributed by atoms with Gasteiger partial charge in [-0.05, 0) is 32.4 Å². The lowest BCUT2D eigenvalue weighted by atomic mass is 10.2. The minimum atomic E-state index is -1.04. The quantitative estimate of drug-likeness (QED) is 0.728. The molecule has 0 saturated carbocycles. The van der Waals surface area contributed by atoms with Gasteiger partial charge in [0.1, 0.15) is 5.76 Å². The Morgan fingerprint density at radius 3 is 2.81 bits per heavy atom. The van der Waals surface area contributed by atoms with Crippen molar-refractivity contribution in [3.8, 4) is 0 Å². The lowest BCUT2D eigenvalue weighted by Gasteiger charge is -2.16. The number of carbonyl (C=O) groups is 1. The summed E-state index contributed by atoms with van der Waals surface area (Å²) in [6.45, 7) is 7.64. The number of hydrogen-bond acceptors (Lipinski definition) is 3. The molecule has 16 heavy (non-hydrogen) atoms. The molecule has 0 saturated heterocycles. The van der Waals surface area contributed by atoms with Crippen LogP contribution in [-0.4, -0.2) is 17.1 Å². The summed E-state index contributed by atoms with van der Waals surface area (Å²) in [5.74, 6) is -0.439. The third-order valence-corrected chi connectivity index (χ3v) is 2.32. The van der Waals surface area contributed by atoms with Crippen molar-refractivity contribution in [2.75, 3.05) is 0 Å². The molecule has 0 fully saturated rings. The molecular weight excluding hydrogens is 206 g/mol. The van der Waals surface area contributed by atoms with Crippen LogP contribution in [0.2, 0.25) is 0 Å². The van der Waals surface area contributed by atoms with Gasteiger partial charge in [0.05, 0.1) is 6.04 Å². The molecule has 4 nitrogen and oxygen atoms in total. The van der Waals surface area contributed by atoms with Crippen LogP contribution < -0.4 is 5.32 Å². The van der Waals surface area contributed by atoms with E-state index < -0.39 is 5.97 Å². The first-order valence-electron chi connectivity index (χ1n) is 5.24. The van der Waals surface area contributed by atoms with Crippen molar-refractivity contribution in [3.63, 3.8) is 0 Å². The monoisotopic (exact) mass is 223 g/mol. The van der Waals surface area contributed by atoms with E-state index in [4.69, 9.17) is 9.52 Å². The smallest absolute Gasteiger partial charge is 0.371 e. The molecule has 0 spiro atoms. The van der Waals surface area contributed by atoms with Gasteiger partial charge in [0.25, 0.3) is 0 Å². The highest BCUT2D eigenvalue weighted by Crippen LogP contribution is 2.17. The fourth-order valence-electron chi connectivity index (χ4n) is 1.53. The highest BCUT2D eigenvalue weighted by molar-refractivity contribution is 5.84. The van der Waals surface area contributed by atoms with Crippen LogP contribution in [0.5, 0.6) is 0 Å². The molecule has 2 atom stereocenters. The SMILES string of the molecule is C=CCC(C)NC(C)c1ccc(C(=O)O)o1. The molecule has 1 rings (SSSR count). The van der Waals surface area contributed by atoms with E-state index in [2.05, 4.69) is 11.9 Å². The van der Waals surface area contributed by atoms with Gasteiger partial charge in [-0.15, -0.1) is 6.58 Å². The third kappa shape index (κ3) is 3.24. The van der Waals surface area contributed by atoms with Crippen LogP contribution in [0, 0.1) is 0 Å². The summed E-state index contributed by atoms with van der Waals surface area (Å²) in [5.41, 5.74) is 0. The van der Waals surface area contributed by atoms with Crippen LogP contribution in [0.25, 0.3) is 0 Å². The summed E-state index contributed by atoms with van der Waals surface area (Å²) in [5, 5.41) is 12.0. The summed E-state index contributed by atoms with van der Waals surface area (Å²) >= 11 is 0. The van der Waals surface area contributed by atoms with Gasteiger partial charge in [-0.1, -0.05) is 6.08 Å². The molecule has 0 radical (unpaired) electrons.